The van der Waals surface area contributed by atoms with Crippen molar-refractivity contribution in [1.29, 1.82) is 0 Å². The first-order valence-electron chi connectivity index (χ1n) is 10.9. The van der Waals surface area contributed by atoms with Crippen molar-refractivity contribution in [3.63, 3.8) is 0 Å². The molecular weight excluding hydrogens is 388 g/mol. The van der Waals surface area contributed by atoms with Crippen molar-refractivity contribution in [2.75, 3.05) is 24.5 Å². The molecule has 0 radical (unpaired) electrons. The quantitative estimate of drug-likeness (QED) is 0.654. The summed E-state index contributed by atoms with van der Waals surface area (Å²) in [5, 5.41) is 12.5. The minimum atomic E-state index is -0.135. The summed E-state index contributed by atoms with van der Waals surface area (Å²) in [6.45, 7) is 3.95. The average Bonchev–Trinajstić information content (AvgIpc) is 3.31. The highest BCUT2D eigenvalue weighted by Crippen LogP contribution is 2.36. The maximum atomic E-state index is 13.2. The van der Waals surface area contributed by atoms with E-state index in [0.717, 1.165) is 42.8 Å². The summed E-state index contributed by atoms with van der Waals surface area (Å²) < 4.78 is 1.80. The number of fused-ring (bicyclic) bond motifs is 1. The lowest BCUT2D eigenvalue weighted by atomic mass is 10.00. The van der Waals surface area contributed by atoms with Gasteiger partial charge >= 0.3 is 0 Å². The molecule has 1 saturated heterocycles. The number of allylic oxidation sites excluding steroid dienone is 1. The Morgan fingerprint density at radius 2 is 1.74 bits per heavy atom. The Balaban J connectivity index is 1.56. The molecule has 7 heteroatoms. The Morgan fingerprint density at radius 3 is 2.48 bits per heavy atom. The molecule has 3 heterocycles. The summed E-state index contributed by atoms with van der Waals surface area (Å²) >= 11 is 0. The highest BCUT2D eigenvalue weighted by atomic mass is 16.2. The number of carbonyl (C=O) groups is 1. The largest absolute Gasteiger partial charge is 0.341 e. The molecule has 1 fully saturated rings. The Morgan fingerprint density at radius 1 is 1.00 bits per heavy atom. The lowest BCUT2D eigenvalue weighted by Crippen LogP contribution is -2.44. The highest BCUT2D eigenvalue weighted by Gasteiger charge is 2.33. The number of nitrogens with zero attached hydrogens (tertiary/aromatic N) is 6. The van der Waals surface area contributed by atoms with E-state index in [1.807, 2.05) is 28.0 Å². The van der Waals surface area contributed by atoms with Gasteiger partial charge < -0.3 is 4.90 Å². The van der Waals surface area contributed by atoms with Crippen molar-refractivity contribution >= 4 is 17.6 Å². The summed E-state index contributed by atoms with van der Waals surface area (Å²) in [4.78, 5) is 17.1. The molecule has 1 atom stereocenters. The van der Waals surface area contributed by atoms with Crippen LogP contribution in [0, 0.1) is 6.92 Å². The molecule has 2 aromatic carbocycles. The molecule has 2 aliphatic heterocycles. The number of rotatable bonds is 4. The number of amides is 1. The van der Waals surface area contributed by atoms with E-state index in [0.29, 0.717) is 5.95 Å². The summed E-state index contributed by atoms with van der Waals surface area (Å²) in [7, 11) is 0. The second-order valence-electron chi connectivity index (χ2n) is 8.22. The van der Waals surface area contributed by atoms with Gasteiger partial charge in [0, 0.05) is 13.1 Å². The van der Waals surface area contributed by atoms with Crippen LogP contribution >= 0.6 is 0 Å². The zero-order valence-corrected chi connectivity index (χ0v) is 17.7. The predicted molar refractivity (Wildman–Crippen MR) is 119 cm³/mol. The fraction of sp³-hybridized carbons (Fsp3) is 0.333. The lowest BCUT2D eigenvalue weighted by molar-refractivity contribution is -0.130. The topological polar surface area (TPSA) is 67.2 Å². The second kappa shape index (κ2) is 8.34. The smallest absolute Gasteiger partial charge is 0.251 e. The number of benzene rings is 2. The summed E-state index contributed by atoms with van der Waals surface area (Å²) in [6.07, 6.45) is 5.49. The fourth-order valence-corrected chi connectivity index (χ4v) is 4.36. The minimum absolute atomic E-state index is 0.116. The fourth-order valence-electron chi connectivity index (χ4n) is 4.36. The number of piperidine rings is 1. The molecule has 158 valence electrons. The first kappa shape index (κ1) is 19.5. The molecule has 5 rings (SSSR count). The summed E-state index contributed by atoms with van der Waals surface area (Å²) in [5.74, 6) is 0.711. The van der Waals surface area contributed by atoms with E-state index in [9.17, 15) is 4.79 Å². The highest BCUT2D eigenvalue weighted by molar-refractivity contribution is 5.89. The molecule has 0 spiro atoms. The van der Waals surface area contributed by atoms with Gasteiger partial charge in [0.25, 0.3) is 5.95 Å². The van der Waals surface area contributed by atoms with Crippen LogP contribution in [0.15, 0.2) is 60.7 Å². The van der Waals surface area contributed by atoms with Gasteiger partial charge in [-0.15, -0.1) is 0 Å². The van der Waals surface area contributed by atoms with Crippen LogP contribution in [0.25, 0.3) is 5.70 Å². The molecule has 7 nitrogen and oxygen atoms in total. The van der Waals surface area contributed by atoms with Crippen LogP contribution in [0.2, 0.25) is 0 Å². The van der Waals surface area contributed by atoms with E-state index >= 15 is 0 Å². The number of hydrogen-bond donors (Lipinski definition) is 0. The van der Waals surface area contributed by atoms with Crippen molar-refractivity contribution in [2.24, 2.45) is 0 Å². The Hall–Kier alpha value is -3.48. The van der Waals surface area contributed by atoms with E-state index in [4.69, 9.17) is 0 Å². The van der Waals surface area contributed by atoms with E-state index in [-0.39, 0.29) is 18.5 Å². The molecule has 2 aliphatic rings. The van der Waals surface area contributed by atoms with Crippen LogP contribution in [0.1, 0.15) is 42.0 Å². The molecule has 0 saturated carbocycles. The standard InChI is InChI=1S/C24H26N6O/c1-18-10-12-20(13-11-18)21-16-22(19-8-4-2-5-9-19)30-24(25-26-27-30)29(21)17-23(31)28-14-6-3-7-15-28/h2,4-5,8-13,16,22H,3,6-7,14-15,17H2,1H3/t22-/m0/s1. The van der Waals surface area contributed by atoms with Gasteiger partial charge in [0.1, 0.15) is 12.6 Å². The molecule has 1 amide bonds. The monoisotopic (exact) mass is 414 g/mol. The zero-order chi connectivity index (χ0) is 21.2. The SMILES string of the molecule is Cc1ccc(C2=C[C@@H](c3ccccc3)n3nnnc3N2CC(=O)N2CCCCC2)cc1. The molecule has 1 aromatic heterocycles. The third-order valence-electron chi connectivity index (χ3n) is 6.08. The Labute approximate surface area is 182 Å². The van der Waals surface area contributed by atoms with Gasteiger partial charge in [-0.3, -0.25) is 9.69 Å². The number of hydrogen-bond acceptors (Lipinski definition) is 5. The van der Waals surface area contributed by atoms with Crippen molar-refractivity contribution in [3.05, 3.63) is 77.4 Å². The molecule has 0 N–H and O–H groups in total. The van der Waals surface area contributed by atoms with Crippen molar-refractivity contribution in [3.8, 4) is 0 Å². The van der Waals surface area contributed by atoms with Gasteiger partial charge in [0.15, 0.2) is 0 Å². The normalized spacial score (nSPS) is 18.5. The third-order valence-corrected chi connectivity index (χ3v) is 6.08. The van der Waals surface area contributed by atoms with Crippen molar-refractivity contribution < 1.29 is 4.79 Å². The van der Waals surface area contributed by atoms with E-state index in [2.05, 4.69) is 64.9 Å². The lowest BCUT2D eigenvalue weighted by Gasteiger charge is -2.35. The van der Waals surface area contributed by atoms with Crippen LogP contribution in [0.5, 0.6) is 0 Å². The third kappa shape index (κ3) is 3.83. The number of carbonyl (C=O) groups excluding carboxylic acids is 1. The maximum Gasteiger partial charge on any atom is 0.251 e. The number of aryl methyl sites for hydroxylation is 1. The van der Waals surface area contributed by atoms with Gasteiger partial charge in [0.2, 0.25) is 5.91 Å². The van der Waals surface area contributed by atoms with Gasteiger partial charge in [-0.2, -0.15) is 4.68 Å². The van der Waals surface area contributed by atoms with E-state index in [1.54, 1.807) is 4.68 Å². The van der Waals surface area contributed by atoms with Gasteiger partial charge in [-0.05, 0) is 53.8 Å². The summed E-state index contributed by atoms with van der Waals surface area (Å²) in [5.41, 5.74) is 4.30. The van der Waals surface area contributed by atoms with E-state index in [1.165, 1.54) is 12.0 Å². The molecule has 3 aromatic rings. The second-order valence-corrected chi connectivity index (χ2v) is 8.22. The number of anilines is 1. The van der Waals surface area contributed by atoms with Crippen LogP contribution in [-0.2, 0) is 4.79 Å². The van der Waals surface area contributed by atoms with Gasteiger partial charge in [-0.1, -0.05) is 65.3 Å². The summed E-state index contributed by atoms with van der Waals surface area (Å²) in [6, 6.07) is 18.4. The zero-order valence-electron chi connectivity index (χ0n) is 17.7. The number of likely N-dealkylation sites (tertiary alicyclic amines) is 1. The average molecular weight is 415 g/mol. The maximum absolute atomic E-state index is 13.2. The molecule has 0 aliphatic carbocycles. The Bertz CT molecular complexity index is 1080. The molecule has 0 unspecified atom stereocenters. The van der Waals surface area contributed by atoms with Crippen molar-refractivity contribution in [2.45, 2.75) is 32.2 Å². The van der Waals surface area contributed by atoms with Crippen molar-refractivity contribution in [1.82, 2.24) is 25.1 Å². The van der Waals surface area contributed by atoms with Crippen LogP contribution in [-0.4, -0.2) is 50.6 Å². The molecule has 0 bridgehead atoms. The minimum Gasteiger partial charge on any atom is -0.341 e. The molecule has 31 heavy (non-hydrogen) atoms. The first-order valence-corrected chi connectivity index (χ1v) is 10.9. The number of aromatic nitrogens is 4. The van der Waals surface area contributed by atoms with Gasteiger partial charge in [0.05, 0.1) is 5.70 Å². The first-order chi connectivity index (χ1) is 15.2. The Kier molecular flexibility index (Phi) is 5.24. The predicted octanol–water partition coefficient (Wildman–Crippen LogP) is 3.44. The van der Waals surface area contributed by atoms with Crippen LogP contribution < -0.4 is 4.90 Å². The number of tetrazole rings is 1. The van der Waals surface area contributed by atoms with Crippen LogP contribution in [0.4, 0.5) is 5.95 Å². The van der Waals surface area contributed by atoms with Gasteiger partial charge in [-0.25, -0.2) is 0 Å². The van der Waals surface area contributed by atoms with Crippen LogP contribution in [0.3, 0.4) is 0 Å². The molecular formula is C24H26N6O. The van der Waals surface area contributed by atoms with E-state index < -0.39 is 0 Å².